The Morgan fingerprint density at radius 2 is 2.00 bits per heavy atom. The van der Waals surface area contributed by atoms with Gasteiger partial charge in [0.05, 0.1) is 24.6 Å². The highest BCUT2D eigenvalue weighted by molar-refractivity contribution is 7.89. The van der Waals surface area contributed by atoms with E-state index in [1.165, 1.54) is 24.1 Å². The number of hydrogen-bond acceptors (Lipinski definition) is 4. The minimum atomic E-state index is -3.77. The first kappa shape index (κ1) is 17.2. The molecule has 0 atom stereocenters. The molecule has 8 heteroatoms. The summed E-state index contributed by atoms with van der Waals surface area (Å²) in [6.07, 6.45) is 3.37. The molecule has 1 heterocycles. The molecule has 0 saturated carbocycles. The Hall–Kier alpha value is -2.19. The number of carbonyl (C=O) groups excluding carboxylic acids is 1. The number of carbonyl (C=O) groups is 1. The Balaban J connectivity index is 2.31. The number of para-hydroxylation sites is 1. The van der Waals surface area contributed by atoms with E-state index in [1.807, 2.05) is 37.3 Å². The number of amides is 1. The van der Waals surface area contributed by atoms with Crippen LogP contribution in [0.15, 0.2) is 47.6 Å². The molecule has 0 aliphatic rings. The van der Waals surface area contributed by atoms with Crippen LogP contribution in [0.1, 0.15) is 13.3 Å². The number of rotatable bonds is 7. The molecular weight excluding hydrogens is 316 g/mol. The molecule has 1 N–H and O–H groups in total. The second-order valence-electron chi connectivity index (χ2n) is 4.97. The molecular formula is C15H20N4O3S. The van der Waals surface area contributed by atoms with E-state index < -0.39 is 10.0 Å². The lowest BCUT2D eigenvalue weighted by molar-refractivity contribution is -0.120. The molecule has 124 valence electrons. The van der Waals surface area contributed by atoms with Crippen molar-refractivity contribution in [3.05, 3.63) is 42.7 Å². The van der Waals surface area contributed by atoms with Gasteiger partial charge in [-0.1, -0.05) is 25.1 Å². The standard InChI is InChI=1S/C15H20N4O3S/c1-3-9-18(12-15(20)16-2)23(21,22)14-10-17-19(11-14)13-7-5-4-6-8-13/h4-8,10-11H,3,9,12H2,1-2H3,(H,16,20). The molecule has 2 rings (SSSR count). The maximum absolute atomic E-state index is 12.7. The zero-order chi connectivity index (χ0) is 16.9. The van der Waals surface area contributed by atoms with E-state index in [-0.39, 0.29) is 23.9 Å². The summed E-state index contributed by atoms with van der Waals surface area (Å²) in [6, 6.07) is 9.23. The van der Waals surface area contributed by atoms with Crippen LogP contribution in [0.3, 0.4) is 0 Å². The normalized spacial score (nSPS) is 11.6. The fourth-order valence-electron chi connectivity index (χ4n) is 2.08. The van der Waals surface area contributed by atoms with E-state index in [0.29, 0.717) is 6.42 Å². The SMILES string of the molecule is CCCN(CC(=O)NC)S(=O)(=O)c1cnn(-c2ccccc2)c1. The van der Waals surface area contributed by atoms with Gasteiger partial charge < -0.3 is 5.32 Å². The van der Waals surface area contributed by atoms with Crippen LogP contribution in [-0.4, -0.2) is 48.5 Å². The molecule has 0 unspecified atom stereocenters. The summed E-state index contributed by atoms with van der Waals surface area (Å²) in [5, 5.41) is 6.55. The molecule has 7 nitrogen and oxygen atoms in total. The van der Waals surface area contributed by atoms with Gasteiger partial charge >= 0.3 is 0 Å². The Labute approximate surface area is 136 Å². The van der Waals surface area contributed by atoms with Crippen molar-refractivity contribution in [2.75, 3.05) is 20.1 Å². The van der Waals surface area contributed by atoms with Crippen molar-refractivity contribution in [3.8, 4) is 5.69 Å². The van der Waals surface area contributed by atoms with E-state index in [2.05, 4.69) is 10.4 Å². The Morgan fingerprint density at radius 3 is 2.61 bits per heavy atom. The van der Waals surface area contributed by atoms with Gasteiger partial charge in [0.25, 0.3) is 0 Å². The van der Waals surface area contributed by atoms with Crippen LogP contribution in [0.25, 0.3) is 5.69 Å². The topological polar surface area (TPSA) is 84.3 Å². The van der Waals surface area contributed by atoms with E-state index in [0.717, 1.165) is 9.99 Å². The third kappa shape index (κ3) is 3.96. The fourth-order valence-corrected chi connectivity index (χ4v) is 3.51. The van der Waals surface area contributed by atoms with E-state index in [1.54, 1.807) is 0 Å². The molecule has 23 heavy (non-hydrogen) atoms. The molecule has 0 bridgehead atoms. The van der Waals surface area contributed by atoms with Crippen LogP contribution in [0, 0.1) is 0 Å². The van der Waals surface area contributed by atoms with Gasteiger partial charge in [0.2, 0.25) is 15.9 Å². The zero-order valence-electron chi connectivity index (χ0n) is 13.1. The molecule has 1 amide bonds. The predicted octanol–water partition coefficient (Wildman–Crippen LogP) is 1.02. The van der Waals surface area contributed by atoms with Crippen molar-refractivity contribution in [1.82, 2.24) is 19.4 Å². The number of nitrogens with zero attached hydrogens (tertiary/aromatic N) is 3. The quantitative estimate of drug-likeness (QED) is 0.818. The Bertz CT molecular complexity index is 756. The van der Waals surface area contributed by atoms with Crippen molar-refractivity contribution in [1.29, 1.82) is 0 Å². The molecule has 1 aromatic heterocycles. The molecule has 0 aliphatic carbocycles. The van der Waals surface area contributed by atoms with Gasteiger partial charge in [-0.3, -0.25) is 4.79 Å². The third-order valence-corrected chi connectivity index (χ3v) is 5.09. The highest BCUT2D eigenvalue weighted by atomic mass is 32.2. The number of hydrogen-bond donors (Lipinski definition) is 1. The Morgan fingerprint density at radius 1 is 1.30 bits per heavy atom. The van der Waals surface area contributed by atoms with Crippen molar-refractivity contribution < 1.29 is 13.2 Å². The van der Waals surface area contributed by atoms with E-state index >= 15 is 0 Å². The summed E-state index contributed by atoms with van der Waals surface area (Å²) < 4.78 is 28.1. The van der Waals surface area contributed by atoms with Gasteiger partial charge in [-0.15, -0.1) is 0 Å². The van der Waals surface area contributed by atoms with Crippen LogP contribution in [0.5, 0.6) is 0 Å². The van der Waals surface area contributed by atoms with Crippen molar-refractivity contribution in [3.63, 3.8) is 0 Å². The van der Waals surface area contributed by atoms with Crippen LogP contribution in [0.2, 0.25) is 0 Å². The van der Waals surface area contributed by atoms with Gasteiger partial charge in [0.1, 0.15) is 4.90 Å². The number of nitrogens with one attached hydrogen (secondary N) is 1. The van der Waals surface area contributed by atoms with Crippen LogP contribution < -0.4 is 5.32 Å². The molecule has 0 spiro atoms. The van der Waals surface area contributed by atoms with Crippen LogP contribution >= 0.6 is 0 Å². The third-order valence-electron chi connectivity index (χ3n) is 3.29. The first-order valence-electron chi connectivity index (χ1n) is 7.30. The molecule has 0 fully saturated rings. The first-order valence-corrected chi connectivity index (χ1v) is 8.74. The lowest BCUT2D eigenvalue weighted by atomic mass is 10.3. The van der Waals surface area contributed by atoms with E-state index in [4.69, 9.17) is 0 Å². The minimum Gasteiger partial charge on any atom is -0.358 e. The van der Waals surface area contributed by atoms with Gasteiger partial charge in [0.15, 0.2) is 0 Å². The van der Waals surface area contributed by atoms with Crippen molar-refractivity contribution in [2.45, 2.75) is 18.2 Å². The number of sulfonamides is 1. The maximum atomic E-state index is 12.7. The average molecular weight is 336 g/mol. The summed E-state index contributed by atoms with van der Waals surface area (Å²) in [7, 11) is -2.29. The summed E-state index contributed by atoms with van der Waals surface area (Å²) in [6.45, 7) is 1.93. The summed E-state index contributed by atoms with van der Waals surface area (Å²) >= 11 is 0. The van der Waals surface area contributed by atoms with Crippen molar-refractivity contribution >= 4 is 15.9 Å². The van der Waals surface area contributed by atoms with E-state index in [9.17, 15) is 13.2 Å². The minimum absolute atomic E-state index is 0.0682. The second kappa shape index (κ2) is 7.38. The van der Waals surface area contributed by atoms with Gasteiger partial charge in [0, 0.05) is 13.6 Å². The van der Waals surface area contributed by atoms with Gasteiger partial charge in [-0.05, 0) is 18.6 Å². The van der Waals surface area contributed by atoms with Crippen LogP contribution in [-0.2, 0) is 14.8 Å². The second-order valence-corrected chi connectivity index (χ2v) is 6.91. The molecule has 2 aromatic rings. The predicted molar refractivity (Wildman–Crippen MR) is 86.7 cm³/mol. The molecule has 0 saturated heterocycles. The van der Waals surface area contributed by atoms with Gasteiger partial charge in [-0.2, -0.15) is 9.40 Å². The summed E-state index contributed by atoms with van der Waals surface area (Å²) in [5.74, 6) is -0.350. The highest BCUT2D eigenvalue weighted by Gasteiger charge is 2.27. The van der Waals surface area contributed by atoms with Gasteiger partial charge in [-0.25, -0.2) is 13.1 Å². The number of aromatic nitrogens is 2. The number of likely N-dealkylation sites (N-methyl/N-ethyl adjacent to an activating group) is 1. The summed E-state index contributed by atoms with van der Waals surface area (Å²) in [5.41, 5.74) is 0.766. The fraction of sp³-hybridized carbons (Fsp3) is 0.333. The summed E-state index contributed by atoms with van der Waals surface area (Å²) in [4.78, 5) is 11.6. The average Bonchev–Trinajstić information content (AvgIpc) is 3.06. The molecule has 0 radical (unpaired) electrons. The van der Waals surface area contributed by atoms with Crippen LogP contribution in [0.4, 0.5) is 0 Å². The molecule has 1 aromatic carbocycles. The number of benzene rings is 1. The lowest BCUT2D eigenvalue weighted by Crippen LogP contribution is -2.39. The Kier molecular flexibility index (Phi) is 5.51. The lowest BCUT2D eigenvalue weighted by Gasteiger charge is -2.19. The molecule has 0 aliphatic heterocycles. The maximum Gasteiger partial charge on any atom is 0.246 e. The smallest absolute Gasteiger partial charge is 0.246 e. The monoisotopic (exact) mass is 336 g/mol. The zero-order valence-corrected chi connectivity index (χ0v) is 14.0. The highest BCUT2D eigenvalue weighted by Crippen LogP contribution is 2.17. The van der Waals surface area contributed by atoms with Crippen molar-refractivity contribution in [2.24, 2.45) is 0 Å². The first-order chi connectivity index (χ1) is 11.0. The largest absolute Gasteiger partial charge is 0.358 e.